The molecule has 0 amide bonds. The number of fused-ring (bicyclic) bond motifs is 1. The van der Waals surface area contributed by atoms with Gasteiger partial charge in [0.25, 0.3) is 0 Å². The number of halogens is 1. The zero-order valence-electron chi connectivity index (χ0n) is 8.20. The topological polar surface area (TPSA) is 42.2 Å². The summed E-state index contributed by atoms with van der Waals surface area (Å²) in [5.74, 6) is -0.868. The van der Waals surface area contributed by atoms with Gasteiger partial charge in [-0.15, -0.1) is 0 Å². The Hall–Kier alpha value is -1.48. The van der Waals surface area contributed by atoms with Crippen LogP contribution in [0.1, 0.15) is 5.56 Å². The smallest absolute Gasteiger partial charge is 0.307 e. The van der Waals surface area contributed by atoms with Crippen molar-refractivity contribution >= 4 is 28.5 Å². The molecule has 15 heavy (non-hydrogen) atoms. The molecule has 0 atom stereocenters. The summed E-state index contributed by atoms with van der Waals surface area (Å²) in [6.07, 6.45) is 1.87. The number of carboxylic acid groups (broad SMARTS) is 1. The molecule has 1 N–H and O–H groups in total. The number of hydrogen-bond donors (Lipinski definition) is 1. The number of rotatable bonds is 2. The van der Waals surface area contributed by atoms with Crippen molar-refractivity contribution in [2.24, 2.45) is 7.05 Å². The number of carboxylic acids is 1. The Morgan fingerprint density at radius 1 is 1.47 bits per heavy atom. The molecule has 0 fully saturated rings. The SMILES string of the molecule is Cn1ccc2c(Cl)c(CC(=O)O)ccc21. The Balaban J connectivity index is 2.60. The fraction of sp³-hybridized carbons (Fsp3) is 0.182. The summed E-state index contributed by atoms with van der Waals surface area (Å²) in [5, 5.41) is 10.1. The molecule has 2 rings (SSSR count). The molecule has 0 bridgehead atoms. The van der Waals surface area contributed by atoms with Gasteiger partial charge in [-0.05, 0) is 17.7 Å². The second-order valence-electron chi connectivity index (χ2n) is 3.47. The van der Waals surface area contributed by atoms with E-state index in [0.29, 0.717) is 10.6 Å². The van der Waals surface area contributed by atoms with Gasteiger partial charge in [-0.2, -0.15) is 0 Å². The van der Waals surface area contributed by atoms with Crippen LogP contribution in [0.3, 0.4) is 0 Å². The van der Waals surface area contributed by atoms with Crippen molar-refractivity contribution in [1.29, 1.82) is 0 Å². The lowest BCUT2D eigenvalue weighted by Crippen LogP contribution is -2.00. The first-order valence-corrected chi connectivity index (χ1v) is 4.91. The minimum absolute atomic E-state index is 0.0380. The van der Waals surface area contributed by atoms with Crippen molar-refractivity contribution in [3.05, 3.63) is 35.0 Å². The third-order valence-corrected chi connectivity index (χ3v) is 2.87. The second-order valence-corrected chi connectivity index (χ2v) is 3.85. The van der Waals surface area contributed by atoms with Gasteiger partial charge in [0.2, 0.25) is 0 Å². The van der Waals surface area contributed by atoms with Crippen molar-refractivity contribution in [2.45, 2.75) is 6.42 Å². The van der Waals surface area contributed by atoms with Crippen LogP contribution >= 0.6 is 11.6 Å². The van der Waals surface area contributed by atoms with Crippen LogP contribution in [0.25, 0.3) is 10.9 Å². The van der Waals surface area contributed by atoms with Gasteiger partial charge in [0.05, 0.1) is 11.4 Å². The summed E-state index contributed by atoms with van der Waals surface area (Å²) in [6.45, 7) is 0. The Morgan fingerprint density at radius 3 is 2.87 bits per heavy atom. The molecule has 1 heterocycles. The molecule has 0 aliphatic heterocycles. The maximum Gasteiger partial charge on any atom is 0.307 e. The van der Waals surface area contributed by atoms with E-state index in [1.54, 1.807) is 6.07 Å². The van der Waals surface area contributed by atoms with Gasteiger partial charge < -0.3 is 9.67 Å². The van der Waals surface area contributed by atoms with Crippen LogP contribution in [-0.2, 0) is 18.3 Å². The lowest BCUT2D eigenvalue weighted by Gasteiger charge is -2.03. The summed E-state index contributed by atoms with van der Waals surface area (Å²) >= 11 is 6.12. The molecule has 0 aliphatic rings. The van der Waals surface area contributed by atoms with Gasteiger partial charge in [0, 0.05) is 24.1 Å². The minimum Gasteiger partial charge on any atom is -0.481 e. The average molecular weight is 224 g/mol. The summed E-state index contributed by atoms with van der Waals surface area (Å²) in [4.78, 5) is 10.6. The predicted molar refractivity (Wildman–Crippen MR) is 59.3 cm³/mol. The maximum absolute atomic E-state index is 10.6. The molecule has 0 saturated heterocycles. The maximum atomic E-state index is 10.6. The molecule has 2 aromatic rings. The van der Waals surface area contributed by atoms with E-state index in [-0.39, 0.29) is 6.42 Å². The van der Waals surface area contributed by atoms with Crippen LogP contribution in [-0.4, -0.2) is 15.6 Å². The lowest BCUT2D eigenvalue weighted by molar-refractivity contribution is -0.136. The normalized spacial score (nSPS) is 10.8. The molecule has 1 aromatic carbocycles. The van der Waals surface area contributed by atoms with Crippen LogP contribution in [0.5, 0.6) is 0 Å². The first kappa shape index (κ1) is 10.1. The van der Waals surface area contributed by atoms with E-state index in [0.717, 1.165) is 10.9 Å². The molecule has 1 aromatic heterocycles. The van der Waals surface area contributed by atoms with Crippen molar-refractivity contribution < 1.29 is 9.90 Å². The number of aryl methyl sites for hydroxylation is 1. The van der Waals surface area contributed by atoms with E-state index in [1.165, 1.54) is 0 Å². The van der Waals surface area contributed by atoms with Crippen LogP contribution in [0.2, 0.25) is 5.02 Å². The Kier molecular flexibility index (Phi) is 2.40. The quantitative estimate of drug-likeness (QED) is 0.850. The molecule has 0 unspecified atom stereocenters. The summed E-state index contributed by atoms with van der Waals surface area (Å²) in [7, 11) is 1.93. The molecule has 0 aliphatic carbocycles. The molecular formula is C11H10ClNO2. The number of hydrogen-bond acceptors (Lipinski definition) is 1. The van der Waals surface area contributed by atoms with Gasteiger partial charge in [0.15, 0.2) is 0 Å². The van der Waals surface area contributed by atoms with Crippen LogP contribution < -0.4 is 0 Å². The molecule has 78 valence electrons. The van der Waals surface area contributed by atoms with E-state index in [2.05, 4.69) is 0 Å². The Bertz CT molecular complexity index is 531. The van der Waals surface area contributed by atoms with Crippen molar-refractivity contribution in [1.82, 2.24) is 4.57 Å². The monoisotopic (exact) mass is 223 g/mol. The predicted octanol–water partition coefficient (Wildman–Crippen LogP) is 2.46. The zero-order chi connectivity index (χ0) is 11.0. The molecule has 4 heteroatoms. The van der Waals surface area contributed by atoms with Gasteiger partial charge in [-0.25, -0.2) is 0 Å². The first-order chi connectivity index (χ1) is 7.09. The fourth-order valence-electron chi connectivity index (χ4n) is 1.66. The molecule has 0 saturated carbocycles. The van der Waals surface area contributed by atoms with Crippen molar-refractivity contribution in [3.8, 4) is 0 Å². The largest absolute Gasteiger partial charge is 0.481 e. The van der Waals surface area contributed by atoms with E-state index < -0.39 is 5.97 Å². The standard InChI is InChI=1S/C11H10ClNO2/c1-13-5-4-8-9(13)3-2-7(11(8)12)6-10(14)15/h2-5H,6H2,1H3,(H,14,15). The highest BCUT2D eigenvalue weighted by Gasteiger charge is 2.10. The number of aliphatic carboxylic acids is 1. The molecular weight excluding hydrogens is 214 g/mol. The number of benzene rings is 1. The summed E-state index contributed by atoms with van der Waals surface area (Å²) in [5.41, 5.74) is 1.66. The number of carbonyl (C=O) groups is 1. The van der Waals surface area contributed by atoms with Crippen molar-refractivity contribution in [2.75, 3.05) is 0 Å². The summed E-state index contributed by atoms with van der Waals surface area (Å²) < 4.78 is 1.95. The minimum atomic E-state index is -0.868. The highest BCUT2D eigenvalue weighted by molar-refractivity contribution is 6.36. The fourth-order valence-corrected chi connectivity index (χ4v) is 1.95. The lowest BCUT2D eigenvalue weighted by atomic mass is 10.1. The van der Waals surface area contributed by atoms with Gasteiger partial charge in [-0.1, -0.05) is 17.7 Å². The highest BCUT2D eigenvalue weighted by atomic mass is 35.5. The molecule has 3 nitrogen and oxygen atoms in total. The first-order valence-electron chi connectivity index (χ1n) is 4.54. The second kappa shape index (κ2) is 3.59. The zero-order valence-corrected chi connectivity index (χ0v) is 8.95. The number of aromatic nitrogens is 1. The Morgan fingerprint density at radius 2 is 2.20 bits per heavy atom. The summed E-state index contributed by atoms with van der Waals surface area (Å²) in [6, 6.07) is 5.54. The van der Waals surface area contributed by atoms with E-state index in [9.17, 15) is 4.79 Å². The van der Waals surface area contributed by atoms with Crippen LogP contribution in [0, 0.1) is 0 Å². The molecule has 0 spiro atoms. The Labute approximate surface area is 91.9 Å². The van der Waals surface area contributed by atoms with Gasteiger partial charge >= 0.3 is 5.97 Å². The van der Waals surface area contributed by atoms with Crippen molar-refractivity contribution in [3.63, 3.8) is 0 Å². The third-order valence-electron chi connectivity index (χ3n) is 2.42. The van der Waals surface area contributed by atoms with Crippen LogP contribution in [0.15, 0.2) is 24.4 Å². The third kappa shape index (κ3) is 1.70. The van der Waals surface area contributed by atoms with E-state index >= 15 is 0 Å². The van der Waals surface area contributed by atoms with Gasteiger partial charge in [-0.3, -0.25) is 4.79 Å². The van der Waals surface area contributed by atoms with E-state index in [1.807, 2.05) is 29.9 Å². The van der Waals surface area contributed by atoms with Gasteiger partial charge in [0.1, 0.15) is 0 Å². The highest BCUT2D eigenvalue weighted by Crippen LogP contribution is 2.28. The molecule has 0 radical (unpaired) electrons. The van der Waals surface area contributed by atoms with Crippen LogP contribution in [0.4, 0.5) is 0 Å². The number of nitrogens with zero attached hydrogens (tertiary/aromatic N) is 1. The average Bonchev–Trinajstić information content (AvgIpc) is 2.53. The van der Waals surface area contributed by atoms with E-state index in [4.69, 9.17) is 16.7 Å².